The lowest BCUT2D eigenvalue weighted by Gasteiger charge is -2.34. The highest BCUT2D eigenvalue weighted by Crippen LogP contribution is 2.36. The Morgan fingerprint density at radius 1 is 1.24 bits per heavy atom. The third-order valence-corrected chi connectivity index (χ3v) is 6.52. The smallest absolute Gasteiger partial charge is 0.274 e. The fourth-order valence-corrected chi connectivity index (χ4v) is 4.75. The van der Waals surface area contributed by atoms with Crippen LogP contribution in [0.5, 0.6) is 5.75 Å². The predicted molar refractivity (Wildman–Crippen MR) is 121 cm³/mol. The van der Waals surface area contributed by atoms with Gasteiger partial charge in [-0.3, -0.25) is 14.4 Å². The Hall–Kier alpha value is -3.27. The van der Waals surface area contributed by atoms with Crippen LogP contribution >= 0.6 is 0 Å². The van der Waals surface area contributed by atoms with Gasteiger partial charge in [-0.05, 0) is 51.8 Å². The van der Waals surface area contributed by atoms with E-state index >= 15 is 0 Å². The highest BCUT2D eigenvalue weighted by Gasteiger charge is 2.40. The summed E-state index contributed by atoms with van der Waals surface area (Å²) < 4.78 is 28.7. The average Bonchev–Trinajstić information content (AvgIpc) is 3.53. The molecule has 2 amide bonds. The molecule has 34 heavy (non-hydrogen) atoms. The van der Waals surface area contributed by atoms with Crippen molar-refractivity contribution in [1.29, 1.82) is 0 Å². The van der Waals surface area contributed by atoms with E-state index in [4.69, 9.17) is 0 Å². The maximum atomic E-state index is 13.8. The summed E-state index contributed by atoms with van der Waals surface area (Å²) in [5, 5.41) is 16.1. The quantitative estimate of drug-likeness (QED) is 0.630. The fourth-order valence-electron chi connectivity index (χ4n) is 4.75. The Morgan fingerprint density at radius 2 is 1.97 bits per heavy atom. The van der Waals surface area contributed by atoms with Gasteiger partial charge in [0.25, 0.3) is 11.8 Å². The molecular formula is C24H28F2N4O4. The molecule has 1 aromatic heterocycles. The molecule has 3 N–H and O–H groups in total. The van der Waals surface area contributed by atoms with Crippen LogP contribution in [0.15, 0.2) is 23.0 Å². The van der Waals surface area contributed by atoms with Crippen LogP contribution in [0.25, 0.3) is 0 Å². The van der Waals surface area contributed by atoms with Gasteiger partial charge in [-0.15, -0.1) is 0 Å². The molecule has 1 aromatic carbocycles. The number of carbonyl (C=O) groups is 2. The van der Waals surface area contributed by atoms with Crippen LogP contribution in [-0.2, 0) is 13.0 Å². The van der Waals surface area contributed by atoms with Crippen molar-refractivity contribution in [3.63, 3.8) is 0 Å². The number of pyridine rings is 1. The predicted octanol–water partition coefficient (Wildman–Crippen LogP) is 2.09. The van der Waals surface area contributed by atoms with Gasteiger partial charge in [0.05, 0.1) is 6.04 Å². The number of halogens is 2. The molecule has 0 radical (unpaired) electrons. The van der Waals surface area contributed by atoms with Crippen molar-refractivity contribution in [3.05, 3.63) is 62.6 Å². The molecule has 5 rings (SSSR count). The van der Waals surface area contributed by atoms with Gasteiger partial charge in [0.2, 0.25) is 5.43 Å². The van der Waals surface area contributed by atoms with Gasteiger partial charge in [0.15, 0.2) is 23.1 Å². The highest BCUT2D eigenvalue weighted by atomic mass is 19.2. The third kappa shape index (κ3) is 4.29. The zero-order valence-corrected chi connectivity index (χ0v) is 19.0. The summed E-state index contributed by atoms with van der Waals surface area (Å²) in [5.41, 5.74) is -0.968. The van der Waals surface area contributed by atoms with Gasteiger partial charge >= 0.3 is 0 Å². The molecule has 0 spiro atoms. The van der Waals surface area contributed by atoms with Crippen LogP contribution in [0.3, 0.4) is 0 Å². The SMILES string of the molecule is C1CCNC1.CCN1CC2CCc3c(C(=O)NCc4cccc(F)c4F)c(=O)c(O)c(n32)C1=O. The number of likely N-dealkylation sites (N-methyl/N-ethyl adjacent to an activating group) is 1. The molecule has 0 aliphatic carbocycles. The maximum absolute atomic E-state index is 13.8. The maximum Gasteiger partial charge on any atom is 0.274 e. The summed E-state index contributed by atoms with van der Waals surface area (Å²) in [7, 11) is 0. The minimum atomic E-state index is -1.08. The molecular weight excluding hydrogens is 446 g/mol. The summed E-state index contributed by atoms with van der Waals surface area (Å²) in [6.45, 7) is 4.87. The van der Waals surface area contributed by atoms with E-state index in [1.54, 1.807) is 9.47 Å². The second kappa shape index (κ2) is 9.92. The second-order valence-electron chi connectivity index (χ2n) is 8.61. The van der Waals surface area contributed by atoms with E-state index in [1.165, 1.54) is 38.1 Å². The normalized spacial score (nSPS) is 18.4. The topological polar surface area (TPSA) is 104 Å². The Balaban J connectivity index is 0.000000486. The number of nitrogens with zero attached hydrogens (tertiary/aromatic N) is 2. The Labute approximate surface area is 195 Å². The van der Waals surface area contributed by atoms with E-state index in [2.05, 4.69) is 10.6 Å². The lowest BCUT2D eigenvalue weighted by Crippen LogP contribution is -2.44. The van der Waals surface area contributed by atoms with Crippen molar-refractivity contribution in [2.75, 3.05) is 26.2 Å². The average molecular weight is 475 g/mol. The zero-order chi connectivity index (χ0) is 24.4. The van der Waals surface area contributed by atoms with Crippen LogP contribution in [0.2, 0.25) is 0 Å². The van der Waals surface area contributed by atoms with Crippen molar-refractivity contribution in [2.45, 2.75) is 45.2 Å². The highest BCUT2D eigenvalue weighted by molar-refractivity contribution is 6.00. The molecule has 1 saturated heterocycles. The summed E-state index contributed by atoms with van der Waals surface area (Å²) in [5.74, 6) is -4.12. The Morgan fingerprint density at radius 3 is 2.62 bits per heavy atom. The number of aromatic nitrogens is 1. The molecule has 182 valence electrons. The summed E-state index contributed by atoms with van der Waals surface area (Å²) in [6, 6.07) is 3.47. The van der Waals surface area contributed by atoms with Crippen molar-refractivity contribution in [3.8, 4) is 5.75 Å². The first-order chi connectivity index (χ1) is 16.3. The number of amides is 2. The monoisotopic (exact) mass is 474 g/mol. The number of hydrogen-bond acceptors (Lipinski definition) is 5. The third-order valence-electron chi connectivity index (χ3n) is 6.52. The fraction of sp³-hybridized carbons (Fsp3) is 0.458. The number of hydrogen-bond donors (Lipinski definition) is 3. The Bertz CT molecular complexity index is 1170. The summed E-state index contributed by atoms with van der Waals surface area (Å²) in [4.78, 5) is 39.6. The first-order valence-corrected chi connectivity index (χ1v) is 11.6. The minimum Gasteiger partial charge on any atom is -0.503 e. The molecule has 0 bridgehead atoms. The van der Waals surface area contributed by atoms with E-state index in [0.29, 0.717) is 31.6 Å². The van der Waals surface area contributed by atoms with Crippen LogP contribution in [0.4, 0.5) is 8.78 Å². The van der Waals surface area contributed by atoms with Crippen LogP contribution in [-0.4, -0.2) is 52.6 Å². The number of benzene rings is 1. The van der Waals surface area contributed by atoms with E-state index in [1.807, 2.05) is 6.92 Å². The van der Waals surface area contributed by atoms with Crippen molar-refractivity contribution >= 4 is 11.8 Å². The number of carbonyl (C=O) groups excluding carboxylic acids is 2. The van der Waals surface area contributed by atoms with E-state index < -0.39 is 34.6 Å². The van der Waals surface area contributed by atoms with Gasteiger partial charge in [-0.1, -0.05) is 12.1 Å². The molecule has 4 heterocycles. The molecule has 3 aliphatic heterocycles. The first-order valence-electron chi connectivity index (χ1n) is 11.6. The minimum absolute atomic E-state index is 0.0660. The molecule has 2 aromatic rings. The van der Waals surface area contributed by atoms with Crippen molar-refractivity contribution in [1.82, 2.24) is 20.1 Å². The van der Waals surface area contributed by atoms with E-state index in [9.17, 15) is 28.3 Å². The molecule has 1 fully saturated rings. The second-order valence-corrected chi connectivity index (χ2v) is 8.61. The number of rotatable bonds is 4. The van der Waals surface area contributed by atoms with Gasteiger partial charge in [0, 0.05) is 30.9 Å². The van der Waals surface area contributed by atoms with Crippen molar-refractivity contribution in [2.24, 2.45) is 0 Å². The van der Waals surface area contributed by atoms with Crippen molar-refractivity contribution < 1.29 is 23.5 Å². The number of nitrogens with one attached hydrogen (secondary N) is 2. The summed E-state index contributed by atoms with van der Waals surface area (Å²) >= 11 is 0. The molecule has 3 aliphatic rings. The lowest BCUT2D eigenvalue weighted by atomic mass is 10.1. The van der Waals surface area contributed by atoms with Gasteiger partial charge < -0.3 is 25.2 Å². The zero-order valence-electron chi connectivity index (χ0n) is 19.0. The Kier molecular flexibility index (Phi) is 6.97. The van der Waals surface area contributed by atoms with Gasteiger partial charge in [-0.25, -0.2) is 8.78 Å². The summed E-state index contributed by atoms with van der Waals surface area (Å²) in [6.07, 6.45) is 3.80. The van der Waals surface area contributed by atoms with Crippen LogP contribution < -0.4 is 16.1 Å². The van der Waals surface area contributed by atoms with Gasteiger partial charge in [-0.2, -0.15) is 0 Å². The molecule has 0 saturated carbocycles. The molecule has 8 nitrogen and oxygen atoms in total. The first kappa shape index (κ1) is 23.9. The molecule has 1 atom stereocenters. The van der Waals surface area contributed by atoms with Crippen LogP contribution in [0.1, 0.15) is 64.3 Å². The van der Waals surface area contributed by atoms with Crippen LogP contribution in [0, 0.1) is 11.6 Å². The number of aromatic hydroxyl groups is 1. The standard InChI is InChI=1S/C20H19F2N3O4.C4H9N/c1-2-24-9-11-6-7-13-14(17(26)18(27)16(20(24)29)25(11)13)19(28)23-8-10-4-3-5-12(21)15(10)22;1-2-4-5-3-1/h3-5,11,27H,2,6-9H2,1H3,(H,23,28);5H,1-4H2. The van der Waals surface area contributed by atoms with Gasteiger partial charge in [0.1, 0.15) is 5.56 Å². The lowest BCUT2D eigenvalue weighted by molar-refractivity contribution is 0.0676. The molecule has 10 heteroatoms. The molecule has 1 unspecified atom stereocenters. The van der Waals surface area contributed by atoms with E-state index in [0.717, 1.165) is 6.07 Å². The van der Waals surface area contributed by atoms with E-state index in [-0.39, 0.29) is 29.4 Å². The largest absolute Gasteiger partial charge is 0.503 e.